The van der Waals surface area contributed by atoms with Gasteiger partial charge >= 0.3 is 0 Å². The molecule has 0 aromatic heterocycles. The van der Waals surface area contributed by atoms with Crippen molar-refractivity contribution in [2.24, 2.45) is 11.7 Å². The van der Waals surface area contributed by atoms with Crippen LogP contribution in [0.4, 0.5) is 0 Å². The maximum absolute atomic E-state index is 6.64. The zero-order chi connectivity index (χ0) is 13.7. The summed E-state index contributed by atoms with van der Waals surface area (Å²) in [6.07, 6.45) is 15.0. The second-order valence-electron chi connectivity index (χ2n) is 6.66. The fraction of sp³-hybridized carbons (Fsp3) is 0.882. The zero-order valence-corrected chi connectivity index (χ0v) is 12.8. The molecule has 0 bridgehead atoms. The van der Waals surface area contributed by atoms with Crippen molar-refractivity contribution in [1.82, 2.24) is 0 Å². The molecule has 110 valence electrons. The molecule has 0 aromatic carbocycles. The Hall–Kier alpha value is -0.340. The summed E-state index contributed by atoms with van der Waals surface area (Å²) in [7, 11) is 1.86. The highest BCUT2D eigenvalue weighted by Crippen LogP contribution is 2.39. The van der Waals surface area contributed by atoms with E-state index in [9.17, 15) is 0 Å². The Kier molecular flexibility index (Phi) is 5.47. The Morgan fingerprint density at radius 3 is 2.58 bits per heavy atom. The highest BCUT2D eigenvalue weighted by molar-refractivity contribution is 5.18. The van der Waals surface area contributed by atoms with E-state index < -0.39 is 0 Å². The van der Waals surface area contributed by atoms with Crippen LogP contribution >= 0.6 is 0 Å². The van der Waals surface area contributed by atoms with Gasteiger partial charge in [0.15, 0.2) is 0 Å². The minimum absolute atomic E-state index is 0.0858. The molecule has 1 atom stereocenters. The quantitative estimate of drug-likeness (QED) is 0.777. The number of hydrogen-bond acceptors (Lipinski definition) is 2. The van der Waals surface area contributed by atoms with E-state index in [1.54, 1.807) is 0 Å². The maximum atomic E-state index is 6.64. The van der Waals surface area contributed by atoms with E-state index in [0.29, 0.717) is 0 Å². The standard InChI is InChI=1S/C17H31NO/c1-14-10-12-17(19-2,13-11-14)16(18)15-8-6-4-3-5-7-9-15/h8,14,16H,3-7,9-13,18H2,1-2H3. The first-order valence-corrected chi connectivity index (χ1v) is 8.17. The average molecular weight is 265 g/mol. The third-order valence-electron chi connectivity index (χ3n) is 5.32. The number of rotatable bonds is 3. The van der Waals surface area contributed by atoms with Crippen molar-refractivity contribution < 1.29 is 4.74 Å². The molecule has 0 aromatic rings. The van der Waals surface area contributed by atoms with Gasteiger partial charge in [-0.2, -0.15) is 0 Å². The largest absolute Gasteiger partial charge is 0.376 e. The second kappa shape index (κ2) is 6.90. The molecule has 1 fully saturated rings. The highest BCUT2D eigenvalue weighted by Gasteiger charge is 2.40. The van der Waals surface area contributed by atoms with E-state index in [1.807, 2.05) is 7.11 Å². The van der Waals surface area contributed by atoms with Crippen LogP contribution in [0.25, 0.3) is 0 Å². The smallest absolute Gasteiger partial charge is 0.0867 e. The van der Waals surface area contributed by atoms with Gasteiger partial charge in [0.05, 0.1) is 11.6 Å². The molecule has 2 aliphatic carbocycles. The van der Waals surface area contributed by atoms with E-state index in [1.165, 1.54) is 56.9 Å². The Morgan fingerprint density at radius 1 is 1.21 bits per heavy atom. The first-order chi connectivity index (χ1) is 9.18. The molecule has 2 heteroatoms. The molecule has 2 nitrogen and oxygen atoms in total. The molecule has 1 saturated carbocycles. The van der Waals surface area contributed by atoms with Crippen molar-refractivity contribution in [1.29, 1.82) is 0 Å². The van der Waals surface area contributed by atoms with E-state index in [0.717, 1.165) is 18.8 Å². The van der Waals surface area contributed by atoms with Gasteiger partial charge in [0.2, 0.25) is 0 Å². The van der Waals surface area contributed by atoms with Crippen LogP contribution in [0.3, 0.4) is 0 Å². The first kappa shape index (κ1) is 15.1. The molecular weight excluding hydrogens is 234 g/mol. The van der Waals surface area contributed by atoms with Gasteiger partial charge in [-0.25, -0.2) is 0 Å². The van der Waals surface area contributed by atoms with Crippen LogP contribution in [0.5, 0.6) is 0 Å². The summed E-state index contributed by atoms with van der Waals surface area (Å²) < 4.78 is 5.95. The molecule has 0 spiro atoms. The summed E-state index contributed by atoms with van der Waals surface area (Å²) in [5, 5.41) is 0. The lowest BCUT2D eigenvalue weighted by Gasteiger charge is -2.43. The predicted octanol–water partition coefficient (Wildman–Crippen LogP) is 4.19. The maximum Gasteiger partial charge on any atom is 0.0867 e. The average Bonchev–Trinajstić information content (AvgIpc) is 2.39. The Morgan fingerprint density at radius 2 is 1.89 bits per heavy atom. The summed E-state index contributed by atoms with van der Waals surface area (Å²) in [6, 6.07) is 0.114. The molecule has 19 heavy (non-hydrogen) atoms. The van der Waals surface area contributed by atoms with Crippen molar-refractivity contribution in [2.75, 3.05) is 7.11 Å². The molecular formula is C17H31NO. The number of hydrogen-bond donors (Lipinski definition) is 1. The normalized spacial score (nSPS) is 35.1. The molecule has 0 heterocycles. The van der Waals surface area contributed by atoms with Gasteiger partial charge in [-0.3, -0.25) is 0 Å². The summed E-state index contributed by atoms with van der Waals surface area (Å²) in [5.41, 5.74) is 8.02. The molecule has 0 saturated heterocycles. The highest BCUT2D eigenvalue weighted by atomic mass is 16.5. The van der Waals surface area contributed by atoms with Crippen molar-refractivity contribution in [2.45, 2.75) is 82.8 Å². The molecule has 1 unspecified atom stereocenters. The van der Waals surface area contributed by atoms with Crippen molar-refractivity contribution >= 4 is 0 Å². The van der Waals surface area contributed by atoms with Crippen LogP contribution in [-0.2, 0) is 4.74 Å². The van der Waals surface area contributed by atoms with Crippen LogP contribution in [-0.4, -0.2) is 18.8 Å². The predicted molar refractivity (Wildman–Crippen MR) is 81.1 cm³/mol. The van der Waals surface area contributed by atoms with E-state index in [-0.39, 0.29) is 11.6 Å². The third-order valence-corrected chi connectivity index (χ3v) is 5.32. The first-order valence-electron chi connectivity index (χ1n) is 8.17. The van der Waals surface area contributed by atoms with Gasteiger partial charge in [0.1, 0.15) is 0 Å². The van der Waals surface area contributed by atoms with E-state index in [2.05, 4.69) is 13.0 Å². The van der Waals surface area contributed by atoms with Gasteiger partial charge in [0.25, 0.3) is 0 Å². The SMILES string of the molecule is COC1(C(N)C2=CCCCCCC2)CCC(C)CC1. The molecule has 2 rings (SSSR count). The lowest BCUT2D eigenvalue weighted by molar-refractivity contribution is -0.0590. The Bertz CT molecular complexity index is 302. The summed E-state index contributed by atoms with van der Waals surface area (Å²) >= 11 is 0. The molecule has 2 aliphatic rings. The number of nitrogens with two attached hydrogens (primary N) is 1. The second-order valence-corrected chi connectivity index (χ2v) is 6.66. The number of ether oxygens (including phenoxy) is 1. The summed E-state index contributed by atoms with van der Waals surface area (Å²) in [6.45, 7) is 2.35. The molecule has 0 radical (unpaired) electrons. The van der Waals surface area contributed by atoms with Crippen LogP contribution in [0.15, 0.2) is 11.6 Å². The van der Waals surface area contributed by atoms with Crippen LogP contribution in [0.2, 0.25) is 0 Å². The van der Waals surface area contributed by atoms with E-state index >= 15 is 0 Å². The lowest BCUT2D eigenvalue weighted by Crippen LogP contribution is -2.52. The van der Waals surface area contributed by atoms with Gasteiger partial charge < -0.3 is 10.5 Å². The van der Waals surface area contributed by atoms with Crippen molar-refractivity contribution in [3.8, 4) is 0 Å². The van der Waals surface area contributed by atoms with Gasteiger partial charge in [0, 0.05) is 7.11 Å². The van der Waals surface area contributed by atoms with Gasteiger partial charge in [-0.05, 0) is 57.3 Å². The topological polar surface area (TPSA) is 35.2 Å². The van der Waals surface area contributed by atoms with Crippen molar-refractivity contribution in [3.63, 3.8) is 0 Å². The van der Waals surface area contributed by atoms with Crippen LogP contribution in [0, 0.1) is 5.92 Å². The van der Waals surface area contributed by atoms with E-state index in [4.69, 9.17) is 10.5 Å². The minimum Gasteiger partial charge on any atom is -0.376 e. The Labute approximate surface area is 118 Å². The lowest BCUT2D eigenvalue weighted by atomic mass is 9.72. The summed E-state index contributed by atoms with van der Waals surface area (Å²) in [5.74, 6) is 0.835. The minimum atomic E-state index is -0.0858. The molecule has 2 N–H and O–H groups in total. The zero-order valence-electron chi connectivity index (χ0n) is 12.8. The van der Waals surface area contributed by atoms with Crippen LogP contribution in [0.1, 0.15) is 71.1 Å². The molecule has 0 amide bonds. The fourth-order valence-electron chi connectivity index (χ4n) is 3.73. The number of methoxy groups -OCH3 is 1. The summed E-state index contributed by atoms with van der Waals surface area (Å²) in [4.78, 5) is 0. The number of allylic oxidation sites excluding steroid dienone is 1. The van der Waals surface area contributed by atoms with Crippen molar-refractivity contribution in [3.05, 3.63) is 11.6 Å². The molecule has 0 aliphatic heterocycles. The monoisotopic (exact) mass is 265 g/mol. The van der Waals surface area contributed by atoms with Crippen LogP contribution < -0.4 is 5.73 Å². The Balaban J connectivity index is 2.08. The van der Waals surface area contributed by atoms with Gasteiger partial charge in [-0.1, -0.05) is 31.4 Å². The third kappa shape index (κ3) is 3.61. The fourth-order valence-corrected chi connectivity index (χ4v) is 3.73. The van der Waals surface area contributed by atoms with Gasteiger partial charge in [-0.15, -0.1) is 0 Å².